The summed E-state index contributed by atoms with van der Waals surface area (Å²) in [5.41, 5.74) is 2.83. The summed E-state index contributed by atoms with van der Waals surface area (Å²) in [4.78, 5) is 15.8. The van der Waals surface area contributed by atoms with Crippen LogP contribution >= 0.6 is 11.6 Å². The van der Waals surface area contributed by atoms with Gasteiger partial charge < -0.3 is 18.8 Å². The monoisotopic (exact) mass is 571 g/mol. The molecule has 0 saturated carbocycles. The van der Waals surface area contributed by atoms with E-state index in [0.29, 0.717) is 24.6 Å². The van der Waals surface area contributed by atoms with E-state index in [0.717, 1.165) is 37.2 Å². The van der Waals surface area contributed by atoms with E-state index in [2.05, 4.69) is 63.0 Å². The zero-order valence-corrected chi connectivity index (χ0v) is 26.8. The molecule has 2 aromatic carbocycles. The van der Waals surface area contributed by atoms with Crippen LogP contribution in [0.2, 0.25) is 23.2 Å². The maximum absolute atomic E-state index is 13.4. The molecule has 7 heteroatoms. The largest absolute Gasteiger partial charge is 0.543 e. The lowest BCUT2D eigenvalue weighted by atomic mass is 9.83. The molecule has 39 heavy (non-hydrogen) atoms. The average molecular weight is 572 g/mol. The fourth-order valence-corrected chi connectivity index (χ4v) is 6.55. The van der Waals surface area contributed by atoms with Crippen molar-refractivity contribution >= 4 is 25.9 Å². The van der Waals surface area contributed by atoms with E-state index in [-0.39, 0.29) is 22.5 Å². The van der Waals surface area contributed by atoms with Crippen LogP contribution in [0.1, 0.15) is 71.1 Å². The molecule has 2 aromatic rings. The predicted octanol–water partition coefficient (Wildman–Crippen LogP) is 7.75. The van der Waals surface area contributed by atoms with Crippen LogP contribution in [0.4, 0.5) is 0 Å². The smallest absolute Gasteiger partial charge is 0.311 e. The number of carbonyl (C=O) groups is 1. The second kappa shape index (κ2) is 11.2. The van der Waals surface area contributed by atoms with Gasteiger partial charge >= 0.3 is 5.97 Å². The number of esters is 1. The zero-order valence-electron chi connectivity index (χ0n) is 25.0. The Balaban J connectivity index is 1.47. The summed E-state index contributed by atoms with van der Waals surface area (Å²) in [5.74, 6) is 0.296. The van der Waals surface area contributed by atoms with E-state index in [1.165, 1.54) is 11.1 Å². The quantitative estimate of drug-likeness (QED) is 0.251. The maximum atomic E-state index is 13.4. The van der Waals surface area contributed by atoms with Crippen LogP contribution in [0.5, 0.6) is 5.75 Å². The Morgan fingerprint density at radius 1 is 1.08 bits per heavy atom. The topological polar surface area (TPSA) is 48.0 Å². The molecule has 2 heterocycles. The standard InChI is InChI=1S/C32H46ClNO4Si/c1-30(2,3)37-29(35)25(19-23-13-14-26(20-28(23)33)38-39(7,8)31(4,5)6)21-34-17-15-32(16-18-34)27-12-10-9-11-24(27)22-36-32/h9-14,20,25H,15-19,21-22H2,1-8H3. The fraction of sp³-hybridized carbons (Fsp3) is 0.594. The Morgan fingerprint density at radius 3 is 2.36 bits per heavy atom. The summed E-state index contributed by atoms with van der Waals surface area (Å²) in [6.45, 7) is 19.9. The number of ether oxygens (including phenoxy) is 2. The molecule has 1 atom stereocenters. The number of piperidine rings is 1. The highest BCUT2D eigenvalue weighted by Crippen LogP contribution is 2.44. The predicted molar refractivity (Wildman–Crippen MR) is 161 cm³/mol. The highest BCUT2D eigenvalue weighted by Gasteiger charge is 2.43. The maximum Gasteiger partial charge on any atom is 0.311 e. The first-order valence-corrected chi connectivity index (χ1v) is 17.5. The van der Waals surface area contributed by atoms with Gasteiger partial charge in [0.2, 0.25) is 8.32 Å². The number of fused-ring (bicyclic) bond motifs is 2. The van der Waals surface area contributed by atoms with E-state index in [1.807, 2.05) is 39.0 Å². The Labute approximate surface area is 241 Å². The van der Waals surface area contributed by atoms with Crippen LogP contribution in [-0.2, 0) is 32.9 Å². The molecule has 4 rings (SSSR count). The van der Waals surface area contributed by atoms with Crippen molar-refractivity contribution in [1.29, 1.82) is 0 Å². The number of benzene rings is 2. The van der Waals surface area contributed by atoms with Crippen molar-refractivity contribution in [2.75, 3.05) is 19.6 Å². The number of likely N-dealkylation sites (tertiary alicyclic amines) is 1. The van der Waals surface area contributed by atoms with Crippen LogP contribution < -0.4 is 4.43 Å². The van der Waals surface area contributed by atoms with Crippen molar-refractivity contribution in [1.82, 2.24) is 4.90 Å². The van der Waals surface area contributed by atoms with Crippen molar-refractivity contribution in [2.45, 2.75) is 96.7 Å². The van der Waals surface area contributed by atoms with E-state index >= 15 is 0 Å². The number of hydrogen-bond acceptors (Lipinski definition) is 5. The summed E-state index contributed by atoms with van der Waals surface area (Å²) in [5, 5.41) is 0.729. The van der Waals surface area contributed by atoms with E-state index in [1.54, 1.807) is 0 Å². The molecule has 214 valence electrons. The molecule has 0 aromatic heterocycles. The fourth-order valence-electron chi connectivity index (χ4n) is 5.28. The molecule has 0 amide bonds. The van der Waals surface area contributed by atoms with Crippen molar-refractivity contribution < 1.29 is 18.7 Å². The minimum Gasteiger partial charge on any atom is -0.543 e. The Kier molecular flexibility index (Phi) is 8.64. The van der Waals surface area contributed by atoms with Gasteiger partial charge in [0.1, 0.15) is 11.4 Å². The first kappa shape index (κ1) is 30.1. The highest BCUT2D eigenvalue weighted by atomic mass is 35.5. The molecule has 5 nitrogen and oxygen atoms in total. The van der Waals surface area contributed by atoms with Gasteiger partial charge in [0.15, 0.2) is 0 Å². The molecule has 1 fully saturated rings. The van der Waals surface area contributed by atoms with Gasteiger partial charge in [-0.3, -0.25) is 4.79 Å². The van der Waals surface area contributed by atoms with Crippen molar-refractivity contribution in [3.05, 3.63) is 64.2 Å². The van der Waals surface area contributed by atoms with Gasteiger partial charge in [0.25, 0.3) is 0 Å². The van der Waals surface area contributed by atoms with E-state index < -0.39 is 13.9 Å². The van der Waals surface area contributed by atoms with Crippen molar-refractivity contribution in [3.63, 3.8) is 0 Å². The Hall–Kier alpha value is -1.86. The molecule has 2 aliphatic rings. The lowest BCUT2D eigenvalue weighted by Crippen LogP contribution is -2.46. The average Bonchev–Trinajstić information content (AvgIpc) is 3.18. The van der Waals surface area contributed by atoms with Crippen molar-refractivity contribution in [2.24, 2.45) is 5.92 Å². The SMILES string of the molecule is CC(C)(C)OC(=O)C(Cc1ccc(O[Si](C)(C)C(C)(C)C)cc1Cl)CN1CCC2(CC1)OCc1ccccc12. The molecule has 0 radical (unpaired) electrons. The highest BCUT2D eigenvalue weighted by molar-refractivity contribution is 6.74. The molecule has 0 aliphatic carbocycles. The molecule has 2 aliphatic heterocycles. The van der Waals surface area contributed by atoms with Gasteiger partial charge in [-0.15, -0.1) is 0 Å². The lowest BCUT2D eigenvalue weighted by Gasteiger charge is -2.40. The molecule has 1 spiro atoms. The molecule has 0 bridgehead atoms. The minimum atomic E-state index is -1.98. The van der Waals surface area contributed by atoms with Crippen molar-refractivity contribution in [3.8, 4) is 5.75 Å². The number of hydrogen-bond donors (Lipinski definition) is 0. The molecule has 1 unspecified atom stereocenters. The Bertz CT molecular complexity index is 1180. The summed E-state index contributed by atoms with van der Waals surface area (Å²) in [6, 6.07) is 14.5. The number of rotatable bonds is 7. The molecule has 1 saturated heterocycles. The van der Waals surface area contributed by atoms with Gasteiger partial charge in [-0.05, 0) is 87.0 Å². The third kappa shape index (κ3) is 7.08. The van der Waals surface area contributed by atoms with Gasteiger partial charge in [-0.2, -0.15) is 0 Å². The zero-order chi connectivity index (χ0) is 28.6. The van der Waals surface area contributed by atoms with Crippen LogP contribution in [0.3, 0.4) is 0 Å². The second-order valence-corrected chi connectivity index (χ2v) is 18.9. The first-order valence-electron chi connectivity index (χ1n) is 14.2. The summed E-state index contributed by atoms with van der Waals surface area (Å²) in [7, 11) is -1.98. The Morgan fingerprint density at radius 2 is 1.74 bits per heavy atom. The second-order valence-electron chi connectivity index (χ2n) is 13.8. The van der Waals surface area contributed by atoms with Gasteiger partial charge in [0, 0.05) is 24.7 Å². The van der Waals surface area contributed by atoms with Gasteiger partial charge in [-0.25, -0.2) is 0 Å². The van der Waals surface area contributed by atoms with E-state index in [9.17, 15) is 4.79 Å². The van der Waals surface area contributed by atoms with Crippen LogP contribution in [0.15, 0.2) is 42.5 Å². The third-order valence-corrected chi connectivity index (χ3v) is 13.3. The summed E-state index contributed by atoms with van der Waals surface area (Å²) < 4.78 is 18.7. The minimum absolute atomic E-state index is 0.0958. The van der Waals surface area contributed by atoms with Crippen LogP contribution in [0, 0.1) is 5.92 Å². The number of carbonyl (C=O) groups excluding carboxylic acids is 1. The van der Waals surface area contributed by atoms with Gasteiger partial charge in [0.05, 0.1) is 18.1 Å². The third-order valence-electron chi connectivity index (χ3n) is 8.56. The first-order chi connectivity index (χ1) is 18.1. The summed E-state index contributed by atoms with van der Waals surface area (Å²) >= 11 is 6.78. The van der Waals surface area contributed by atoms with Crippen LogP contribution in [-0.4, -0.2) is 44.4 Å². The molecule has 0 N–H and O–H groups in total. The van der Waals surface area contributed by atoms with E-state index in [4.69, 9.17) is 25.5 Å². The number of halogens is 1. The molecular formula is C32H46ClNO4Si. The number of nitrogens with zero attached hydrogens (tertiary/aromatic N) is 1. The van der Waals surface area contributed by atoms with Gasteiger partial charge in [-0.1, -0.05) is 62.7 Å². The lowest BCUT2D eigenvalue weighted by molar-refractivity contribution is -0.161. The van der Waals surface area contributed by atoms with Crippen LogP contribution in [0.25, 0.3) is 0 Å². The summed E-state index contributed by atoms with van der Waals surface area (Å²) in [6.07, 6.45) is 2.37. The molecular weight excluding hydrogens is 526 g/mol. The normalized spacial score (nSPS) is 18.6.